The summed E-state index contributed by atoms with van der Waals surface area (Å²) in [4.78, 5) is 13.0. The van der Waals surface area contributed by atoms with Crippen molar-refractivity contribution in [1.29, 1.82) is 0 Å². The number of halogens is 1. The Kier molecular flexibility index (Phi) is 8.98. The third kappa shape index (κ3) is 7.12. The Morgan fingerprint density at radius 2 is 1.38 bits per heavy atom. The van der Waals surface area contributed by atoms with Crippen molar-refractivity contribution in [3.63, 3.8) is 0 Å². The van der Waals surface area contributed by atoms with Crippen LogP contribution in [0.4, 0.5) is 17.1 Å². The average molecular weight is 600 g/mol. The first-order chi connectivity index (χ1) is 19.1. The molecule has 4 rings (SSSR count). The number of para-hydroxylation sites is 1. The van der Waals surface area contributed by atoms with Crippen LogP contribution in [-0.2, 0) is 24.8 Å². The average Bonchev–Trinajstić information content (AvgIpc) is 2.93. The molecule has 0 aliphatic rings. The quantitative estimate of drug-likeness (QED) is 0.239. The minimum atomic E-state index is -4.15. The van der Waals surface area contributed by atoms with Gasteiger partial charge in [0.25, 0.3) is 20.0 Å². The van der Waals surface area contributed by atoms with Crippen molar-refractivity contribution >= 4 is 54.6 Å². The van der Waals surface area contributed by atoms with Gasteiger partial charge in [-0.05, 0) is 91.9 Å². The summed E-state index contributed by atoms with van der Waals surface area (Å²) in [7, 11) is -8.00. The molecule has 40 heavy (non-hydrogen) atoms. The molecule has 4 aromatic rings. The van der Waals surface area contributed by atoms with E-state index in [1.807, 2.05) is 6.92 Å². The zero-order valence-corrected chi connectivity index (χ0v) is 23.7. The van der Waals surface area contributed by atoms with Gasteiger partial charge >= 0.3 is 0 Å². The number of hydrogen-bond acceptors (Lipinski definition) is 6. The molecule has 208 valence electrons. The summed E-state index contributed by atoms with van der Waals surface area (Å²) in [5.74, 6) is -0.0826. The lowest BCUT2D eigenvalue weighted by molar-refractivity contribution is -0.114. The molecule has 0 heterocycles. The Bertz CT molecular complexity index is 1660. The zero-order chi connectivity index (χ0) is 28.8. The summed E-state index contributed by atoms with van der Waals surface area (Å²) in [6, 6.07) is 25.9. The molecule has 2 N–H and O–H groups in total. The van der Waals surface area contributed by atoms with Crippen LogP contribution in [0, 0.1) is 0 Å². The normalized spacial score (nSPS) is 11.4. The summed E-state index contributed by atoms with van der Waals surface area (Å²) in [6.45, 7) is 1.73. The summed E-state index contributed by atoms with van der Waals surface area (Å²) in [5, 5.41) is 3.00. The van der Waals surface area contributed by atoms with Gasteiger partial charge in [0, 0.05) is 16.4 Å². The van der Waals surface area contributed by atoms with Gasteiger partial charge in [0.15, 0.2) is 0 Å². The Balaban J connectivity index is 1.54. The highest BCUT2D eigenvalue weighted by molar-refractivity contribution is 7.93. The van der Waals surface area contributed by atoms with Gasteiger partial charge in [-0.2, -0.15) is 0 Å². The topological polar surface area (TPSA) is 122 Å². The predicted octanol–water partition coefficient (Wildman–Crippen LogP) is 5.37. The molecule has 1 amide bonds. The van der Waals surface area contributed by atoms with E-state index in [0.717, 1.165) is 4.31 Å². The highest BCUT2D eigenvalue weighted by Crippen LogP contribution is 2.27. The van der Waals surface area contributed by atoms with Crippen molar-refractivity contribution in [2.75, 3.05) is 27.5 Å². The minimum Gasteiger partial charge on any atom is -0.494 e. The van der Waals surface area contributed by atoms with Gasteiger partial charge in [-0.3, -0.25) is 13.8 Å². The van der Waals surface area contributed by atoms with Crippen LogP contribution in [0.1, 0.15) is 6.92 Å². The van der Waals surface area contributed by atoms with Crippen molar-refractivity contribution in [2.24, 2.45) is 0 Å². The second kappa shape index (κ2) is 12.4. The van der Waals surface area contributed by atoms with Crippen molar-refractivity contribution in [1.82, 2.24) is 0 Å². The van der Waals surface area contributed by atoms with Gasteiger partial charge in [-0.1, -0.05) is 29.8 Å². The van der Waals surface area contributed by atoms with Crippen molar-refractivity contribution < 1.29 is 26.4 Å². The largest absolute Gasteiger partial charge is 0.494 e. The molecule has 0 aliphatic heterocycles. The first kappa shape index (κ1) is 28.9. The minimum absolute atomic E-state index is 0.00400. The summed E-state index contributed by atoms with van der Waals surface area (Å²) < 4.78 is 61.3. The highest BCUT2D eigenvalue weighted by atomic mass is 35.5. The lowest BCUT2D eigenvalue weighted by Crippen LogP contribution is -2.38. The van der Waals surface area contributed by atoms with E-state index >= 15 is 0 Å². The SMILES string of the molecule is CCOc1ccc(N(CC(=O)Nc2ccc(S(=O)(=O)Nc3ccccc3)cc2)S(=O)(=O)c2ccc(Cl)cc2)cc1. The standard InChI is InChI=1S/C28H26ClN3O6S2/c1-2-38-25-14-12-24(13-15-25)32(40(36,37)27-16-8-21(29)9-17-27)20-28(33)30-22-10-18-26(19-11-22)39(34,35)31-23-6-4-3-5-7-23/h3-19,31H,2,20H2,1H3,(H,30,33). The Hall–Kier alpha value is -4.06. The second-order valence-electron chi connectivity index (χ2n) is 8.44. The van der Waals surface area contributed by atoms with Crippen molar-refractivity contribution in [3.05, 3.63) is 108 Å². The second-order valence-corrected chi connectivity index (χ2v) is 12.4. The number of rotatable bonds is 11. The first-order valence-electron chi connectivity index (χ1n) is 12.1. The van der Waals surface area contributed by atoms with Gasteiger partial charge in [-0.15, -0.1) is 0 Å². The van der Waals surface area contributed by atoms with Crippen LogP contribution < -0.4 is 19.1 Å². The lowest BCUT2D eigenvalue weighted by Gasteiger charge is -2.24. The highest BCUT2D eigenvalue weighted by Gasteiger charge is 2.27. The smallest absolute Gasteiger partial charge is 0.264 e. The van der Waals surface area contributed by atoms with Gasteiger partial charge in [0.05, 0.1) is 22.1 Å². The molecule has 0 spiro atoms. The molecule has 0 atom stereocenters. The fourth-order valence-electron chi connectivity index (χ4n) is 3.69. The molecule has 0 radical (unpaired) electrons. The van der Waals surface area contributed by atoms with E-state index in [-0.39, 0.29) is 15.5 Å². The Morgan fingerprint density at radius 3 is 1.98 bits per heavy atom. The summed E-state index contributed by atoms with van der Waals surface area (Å²) in [6.07, 6.45) is 0. The molecule has 0 fully saturated rings. The third-order valence-electron chi connectivity index (χ3n) is 5.60. The molecule has 0 bridgehead atoms. The molecule has 0 aliphatic carbocycles. The number of sulfonamides is 2. The van der Waals surface area contributed by atoms with Crippen LogP contribution in [0.25, 0.3) is 0 Å². The van der Waals surface area contributed by atoms with Gasteiger partial charge < -0.3 is 10.1 Å². The number of anilines is 3. The summed E-state index contributed by atoms with van der Waals surface area (Å²) >= 11 is 5.93. The lowest BCUT2D eigenvalue weighted by atomic mass is 10.3. The molecule has 0 unspecified atom stereocenters. The number of carbonyl (C=O) groups excluding carboxylic acids is 1. The van der Waals surface area contributed by atoms with Crippen molar-refractivity contribution in [3.8, 4) is 5.75 Å². The molecular weight excluding hydrogens is 574 g/mol. The third-order valence-corrected chi connectivity index (χ3v) is 9.04. The molecule has 0 saturated heterocycles. The Morgan fingerprint density at radius 1 is 0.775 bits per heavy atom. The summed E-state index contributed by atoms with van der Waals surface area (Å²) in [5.41, 5.74) is 0.956. The number of nitrogens with zero attached hydrogens (tertiary/aromatic N) is 1. The van der Waals surface area contributed by atoms with Gasteiger partial charge in [0.1, 0.15) is 12.3 Å². The van der Waals surface area contributed by atoms with Crippen LogP contribution in [-0.4, -0.2) is 35.9 Å². The van der Waals surface area contributed by atoms with E-state index in [9.17, 15) is 21.6 Å². The fraction of sp³-hybridized carbons (Fsp3) is 0.107. The van der Waals surface area contributed by atoms with E-state index in [4.69, 9.17) is 16.3 Å². The van der Waals surface area contributed by atoms with Crippen LogP contribution in [0.2, 0.25) is 5.02 Å². The molecule has 4 aromatic carbocycles. The zero-order valence-electron chi connectivity index (χ0n) is 21.3. The van der Waals surface area contributed by atoms with E-state index in [0.29, 0.717) is 28.8 Å². The number of nitrogens with one attached hydrogen (secondary N) is 2. The number of carbonyl (C=O) groups is 1. The Labute approximate surface area is 238 Å². The molecule has 9 nitrogen and oxygen atoms in total. The van der Waals surface area contributed by atoms with Crippen molar-refractivity contribution in [2.45, 2.75) is 16.7 Å². The molecular formula is C28H26ClN3O6S2. The van der Waals surface area contributed by atoms with Crippen LogP contribution in [0.15, 0.2) is 113 Å². The van der Waals surface area contributed by atoms with Crippen LogP contribution >= 0.6 is 11.6 Å². The van der Waals surface area contributed by atoms with E-state index in [1.54, 1.807) is 54.6 Å². The maximum atomic E-state index is 13.5. The predicted molar refractivity (Wildman–Crippen MR) is 156 cm³/mol. The van der Waals surface area contributed by atoms with Gasteiger partial charge in [0.2, 0.25) is 5.91 Å². The maximum Gasteiger partial charge on any atom is 0.264 e. The number of amides is 1. The number of ether oxygens (including phenoxy) is 1. The fourth-order valence-corrected chi connectivity index (χ4v) is 6.30. The number of hydrogen-bond donors (Lipinski definition) is 2. The van der Waals surface area contributed by atoms with Gasteiger partial charge in [-0.25, -0.2) is 16.8 Å². The number of benzene rings is 4. The van der Waals surface area contributed by atoms with E-state index < -0.39 is 32.5 Å². The van der Waals surface area contributed by atoms with Crippen LogP contribution in [0.3, 0.4) is 0 Å². The maximum absolute atomic E-state index is 13.5. The molecule has 0 saturated carbocycles. The van der Waals surface area contributed by atoms with E-state index in [2.05, 4.69) is 10.0 Å². The first-order valence-corrected chi connectivity index (χ1v) is 15.4. The molecule has 12 heteroatoms. The molecule has 0 aromatic heterocycles. The van der Waals surface area contributed by atoms with E-state index in [1.165, 1.54) is 48.5 Å². The monoisotopic (exact) mass is 599 g/mol. The van der Waals surface area contributed by atoms with Crippen LogP contribution in [0.5, 0.6) is 5.75 Å².